The van der Waals surface area contributed by atoms with Crippen molar-refractivity contribution < 1.29 is 18.7 Å². The van der Waals surface area contributed by atoms with Crippen molar-refractivity contribution in [2.75, 3.05) is 31.6 Å². The maximum atomic E-state index is 13.7. The van der Waals surface area contributed by atoms with Crippen LogP contribution in [0.15, 0.2) is 60.0 Å². The summed E-state index contributed by atoms with van der Waals surface area (Å²) in [6, 6.07) is 15.0. The summed E-state index contributed by atoms with van der Waals surface area (Å²) < 4.78 is 19.6. The van der Waals surface area contributed by atoms with Gasteiger partial charge in [-0.3, -0.25) is 4.79 Å². The standard InChI is InChI=1S/C29H34FN3O3S/c1-20(2)11-14-32(29(35)31-23-9-7-21(3)8-10-23)18-28(34)33-15-12-27-25(13-16-37-27)26(33)19-36-24-6-4-5-22(30)17-24/h4-10,13,16-17,20,26H,11-12,14-15,18-19H2,1-3H3,(H,31,35)/t26-/m0/s1. The summed E-state index contributed by atoms with van der Waals surface area (Å²) in [6.07, 6.45) is 1.55. The number of urea groups is 1. The summed E-state index contributed by atoms with van der Waals surface area (Å²) in [6.45, 7) is 7.39. The minimum absolute atomic E-state index is 0.0274. The molecule has 1 aliphatic heterocycles. The maximum absolute atomic E-state index is 13.7. The first kappa shape index (κ1) is 26.7. The lowest BCUT2D eigenvalue weighted by atomic mass is 10.0. The van der Waals surface area contributed by atoms with Gasteiger partial charge in [0.15, 0.2) is 0 Å². The topological polar surface area (TPSA) is 61.9 Å². The van der Waals surface area contributed by atoms with Crippen molar-refractivity contribution >= 4 is 29.0 Å². The zero-order chi connectivity index (χ0) is 26.4. The monoisotopic (exact) mass is 523 g/mol. The minimum atomic E-state index is -0.370. The van der Waals surface area contributed by atoms with Gasteiger partial charge in [-0.05, 0) is 67.0 Å². The number of fused-ring (bicyclic) bond motifs is 1. The number of benzene rings is 2. The summed E-state index contributed by atoms with van der Waals surface area (Å²) in [5, 5.41) is 4.96. The van der Waals surface area contributed by atoms with Gasteiger partial charge in [0.25, 0.3) is 0 Å². The van der Waals surface area contributed by atoms with Crippen LogP contribution in [-0.2, 0) is 11.2 Å². The van der Waals surface area contributed by atoms with E-state index >= 15 is 0 Å². The Balaban J connectivity index is 1.49. The van der Waals surface area contributed by atoms with E-state index in [4.69, 9.17) is 4.74 Å². The fourth-order valence-electron chi connectivity index (χ4n) is 4.37. The Morgan fingerprint density at radius 3 is 2.70 bits per heavy atom. The molecule has 37 heavy (non-hydrogen) atoms. The van der Waals surface area contributed by atoms with E-state index in [1.165, 1.54) is 17.0 Å². The third-order valence-corrected chi connectivity index (χ3v) is 7.51. The average molecular weight is 524 g/mol. The van der Waals surface area contributed by atoms with Gasteiger partial charge in [-0.25, -0.2) is 9.18 Å². The predicted molar refractivity (Wildman–Crippen MR) is 146 cm³/mol. The normalized spacial score (nSPS) is 14.8. The second kappa shape index (κ2) is 12.2. The van der Waals surface area contributed by atoms with Gasteiger partial charge in [0.1, 0.15) is 24.7 Å². The molecule has 0 aliphatic carbocycles. The van der Waals surface area contributed by atoms with Crippen molar-refractivity contribution in [3.63, 3.8) is 0 Å². The van der Waals surface area contributed by atoms with E-state index in [-0.39, 0.29) is 36.9 Å². The number of hydrogen-bond acceptors (Lipinski definition) is 4. The van der Waals surface area contributed by atoms with Crippen LogP contribution >= 0.6 is 11.3 Å². The molecule has 6 nitrogen and oxygen atoms in total. The van der Waals surface area contributed by atoms with Crippen molar-refractivity contribution in [3.8, 4) is 5.75 Å². The highest BCUT2D eigenvalue weighted by Gasteiger charge is 2.33. The van der Waals surface area contributed by atoms with Gasteiger partial charge in [-0.2, -0.15) is 0 Å². The molecular weight excluding hydrogens is 489 g/mol. The molecule has 2 heterocycles. The predicted octanol–water partition coefficient (Wildman–Crippen LogP) is 6.28. The van der Waals surface area contributed by atoms with Crippen molar-refractivity contribution in [1.29, 1.82) is 0 Å². The molecule has 0 fully saturated rings. The summed E-state index contributed by atoms with van der Waals surface area (Å²) in [5.74, 6) is 0.310. The van der Waals surface area contributed by atoms with Gasteiger partial charge in [-0.15, -0.1) is 11.3 Å². The highest BCUT2D eigenvalue weighted by atomic mass is 32.1. The van der Waals surface area contributed by atoms with Crippen LogP contribution in [0.3, 0.4) is 0 Å². The van der Waals surface area contributed by atoms with E-state index < -0.39 is 0 Å². The second-order valence-corrected chi connectivity index (χ2v) is 10.8. The highest BCUT2D eigenvalue weighted by Crippen LogP contribution is 2.34. The molecule has 0 radical (unpaired) electrons. The van der Waals surface area contributed by atoms with Crippen LogP contribution in [0.25, 0.3) is 0 Å². The first-order valence-electron chi connectivity index (χ1n) is 12.7. The Hall–Kier alpha value is -3.39. The molecule has 196 valence electrons. The molecule has 8 heteroatoms. The Labute approximate surface area is 222 Å². The average Bonchev–Trinajstić information content (AvgIpc) is 3.35. The second-order valence-electron chi connectivity index (χ2n) is 9.82. The molecule has 3 aromatic rings. The molecule has 1 aromatic heterocycles. The lowest BCUT2D eigenvalue weighted by Crippen LogP contribution is -2.49. The van der Waals surface area contributed by atoms with E-state index in [1.807, 2.05) is 42.6 Å². The fourth-order valence-corrected chi connectivity index (χ4v) is 5.29. The van der Waals surface area contributed by atoms with E-state index in [2.05, 4.69) is 19.2 Å². The number of halogens is 1. The third kappa shape index (κ3) is 7.10. The van der Waals surface area contributed by atoms with Crippen LogP contribution in [0.5, 0.6) is 5.75 Å². The molecule has 0 saturated heterocycles. The van der Waals surface area contributed by atoms with E-state index in [1.54, 1.807) is 33.3 Å². The number of nitrogens with one attached hydrogen (secondary N) is 1. The van der Waals surface area contributed by atoms with Gasteiger partial charge >= 0.3 is 6.03 Å². The van der Waals surface area contributed by atoms with Crippen molar-refractivity contribution in [3.05, 3.63) is 81.8 Å². The van der Waals surface area contributed by atoms with E-state index in [9.17, 15) is 14.0 Å². The Kier molecular flexibility index (Phi) is 8.82. The molecule has 3 amide bonds. The number of ether oxygens (including phenoxy) is 1. The third-order valence-electron chi connectivity index (χ3n) is 6.51. The van der Waals surface area contributed by atoms with Crippen molar-refractivity contribution in [1.82, 2.24) is 9.80 Å². The molecular formula is C29H34FN3O3S. The Morgan fingerprint density at radius 1 is 1.19 bits per heavy atom. The van der Waals surface area contributed by atoms with Crippen LogP contribution < -0.4 is 10.1 Å². The summed E-state index contributed by atoms with van der Waals surface area (Å²) in [7, 11) is 0. The molecule has 0 bridgehead atoms. The first-order chi connectivity index (χ1) is 17.8. The van der Waals surface area contributed by atoms with Crippen LogP contribution in [0, 0.1) is 18.7 Å². The number of hydrogen-bond donors (Lipinski definition) is 1. The van der Waals surface area contributed by atoms with Gasteiger partial charge < -0.3 is 19.9 Å². The summed E-state index contributed by atoms with van der Waals surface area (Å²) >= 11 is 1.67. The van der Waals surface area contributed by atoms with Gasteiger partial charge in [-0.1, -0.05) is 37.6 Å². The molecule has 2 aromatic carbocycles. The maximum Gasteiger partial charge on any atom is 0.322 e. The first-order valence-corrected chi connectivity index (χ1v) is 13.5. The van der Waals surface area contributed by atoms with Crippen molar-refractivity contribution in [2.24, 2.45) is 5.92 Å². The number of rotatable bonds is 9. The smallest absolute Gasteiger partial charge is 0.322 e. The molecule has 1 aliphatic rings. The lowest BCUT2D eigenvalue weighted by Gasteiger charge is -2.37. The largest absolute Gasteiger partial charge is 0.491 e. The molecule has 0 saturated carbocycles. The van der Waals surface area contributed by atoms with Gasteiger partial charge in [0.05, 0.1) is 6.04 Å². The number of aryl methyl sites for hydroxylation is 1. The fraction of sp³-hybridized carbons (Fsp3) is 0.379. The zero-order valence-corrected chi connectivity index (χ0v) is 22.4. The highest BCUT2D eigenvalue weighted by molar-refractivity contribution is 7.10. The summed E-state index contributed by atoms with van der Waals surface area (Å²) in [5.41, 5.74) is 2.85. The molecule has 4 rings (SSSR count). The number of nitrogens with zero attached hydrogens (tertiary/aromatic N) is 2. The summed E-state index contributed by atoms with van der Waals surface area (Å²) in [4.78, 5) is 31.5. The van der Waals surface area contributed by atoms with Gasteiger partial charge in [0.2, 0.25) is 5.91 Å². The molecule has 1 N–H and O–H groups in total. The number of amides is 3. The van der Waals surface area contributed by atoms with Gasteiger partial charge in [0, 0.05) is 29.7 Å². The molecule has 1 atom stereocenters. The number of thiophene rings is 1. The quantitative estimate of drug-likeness (QED) is 0.359. The zero-order valence-electron chi connectivity index (χ0n) is 21.6. The van der Waals surface area contributed by atoms with E-state index in [0.29, 0.717) is 30.4 Å². The number of carbonyl (C=O) groups is 2. The van der Waals surface area contributed by atoms with Crippen LogP contribution in [0.2, 0.25) is 0 Å². The van der Waals surface area contributed by atoms with Crippen LogP contribution in [-0.4, -0.2) is 48.0 Å². The Morgan fingerprint density at radius 2 is 1.97 bits per heavy atom. The minimum Gasteiger partial charge on any atom is -0.491 e. The SMILES string of the molecule is Cc1ccc(NC(=O)N(CCC(C)C)CC(=O)N2CCc3sccc3[C@@H]2COc2cccc(F)c2)cc1. The number of anilines is 1. The van der Waals surface area contributed by atoms with E-state index in [0.717, 1.165) is 24.0 Å². The van der Waals surface area contributed by atoms with Crippen molar-refractivity contribution in [2.45, 2.75) is 39.7 Å². The number of carbonyl (C=O) groups excluding carboxylic acids is 2. The lowest BCUT2D eigenvalue weighted by molar-refractivity contribution is -0.135. The van der Waals surface area contributed by atoms with Crippen LogP contribution in [0.4, 0.5) is 14.9 Å². The molecule has 0 spiro atoms. The molecule has 0 unspecified atom stereocenters. The Bertz CT molecular complexity index is 1210. The van der Waals surface area contributed by atoms with Crippen LogP contribution in [0.1, 0.15) is 42.3 Å².